The predicted molar refractivity (Wildman–Crippen MR) is 129 cm³/mol. The van der Waals surface area contributed by atoms with E-state index in [1.807, 2.05) is 36.4 Å². The molecule has 1 fully saturated rings. The van der Waals surface area contributed by atoms with E-state index in [1.165, 1.54) is 6.07 Å². The van der Waals surface area contributed by atoms with Crippen LogP contribution < -0.4 is 5.32 Å². The zero-order chi connectivity index (χ0) is 25.4. The van der Waals surface area contributed by atoms with Gasteiger partial charge in [-0.15, -0.1) is 0 Å². The Balaban J connectivity index is 1.28. The van der Waals surface area contributed by atoms with Crippen molar-refractivity contribution in [1.82, 2.24) is 9.97 Å². The molecule has 0 spiro atoms. The Hall–Kier alpha value is -4.14. The van der Waals surface area contributed by atoms with Crippen molar-refractivity contribution in [3.8, 4) is 11.1 Å². The third kappa shape index (κ3) is 4.68. The summed E-state index contributed by atoms with van der Waals surface area (Å²) >= 11 is 0. The van der Waals surface area contributed by atoms with E-state index in [0.717, 1.165) is 29.7 Å². The number of imidazole rings is 1. The van der Waals surface area contributed by atoms with Gasteiger partial charge in [0.15, 0.2) is 5.78 Å². The number of nitrogens with one attached hydrogen (secondary N) is 2. The highest BCUT2D eigenvalue weighted by Crippen LogP contribution is 2.35. The molecule has 9 heteroatoms. The van der Waals surface area contributed by atoms with Crippen molar-refractivity contribution in [3.63, 3.8) is 0 Å². The number of Topliss-reactive ketones (excluding diaryl/α,β-unsaturated/α-hetero) is 1. The summed E-state index contributed by atoms with van der Waals surface area (Å²) in [5.41, 5.74) is 2.96. The number of fused-ring (bicyclic) bond motifs is 1. The number of carbonyl (C=O) groups excluding carboxylic acids is 1. The summed E-state index contributed by atoms with van der Waals surface area (Å²) in [6.07, 6.45) is -2.55. The predicted octanol–water partition coefficient (Wildman–Crippen LogP) is 6.68. The van der Waals surface area contributed by atoms with E-state index in [-0.39, 0.29) is 11.3 Å². The van der Waals surface area contributed by atoms with E-state index in [9.17, 15) is 27.9 Å². The van der Waals surface area contributed by atoms with Crippen LogP contribution in [0.4, 0.5) is 24.8 Å². The Bertz CT molecular complexity index is 1430. The number of hydrogen-bond donors (Lipinski definition) is 3. The molecule has 36 heavy (non-hydrogen) atoms. The van der Waals surface area contributed by atoms with Gasteiger partial charge in [-0.05, 0) is 54.3 Å². The summed E-state index contributed by atoms with van der Waals surface area (Å²) in [5, 5.41) is 12.4. The lowest BCUT2D eigenvalue weighted by Gasteiger charge is -2.14. The lowest BCUT2D eigenvalue weighted by molar-refractivity contribution is -0.142. The number of benzene rings is 3. The van der Waals surface area contributed by atoms with Gasteiger partial charge in [-0.2, -0.15) is 13.2 Å². The lowest BCUT2D eigenvalue weighted by atomic mass is 9.88. The van der Waals surface area contributed by atoms with Gasteiger partial charge in [-0.1, -0.05) is 42.8 Å². The number of aromatic nitrogens is 2. The van der Waals surface area contributed by atoms with E-state index in [4.69, 9.17) is 0 Å². The van der Waals surface area contributed by atoms with Gasteiger partial charge in [0, 0.05) is 17.2 Å². The fourth-order valence-electron chi connectivity index (χ4n) is 4.74. The maximum absolute atomic E-state index is 12.9. The number of hydrogen-bond acceptors (Lipinski definition) is 4. The second-order valence-electron chi connectivity index (χ2n) is 8.94. The third-order valence-corrected chi connectivity index (χ3v) is 6.63. The molecule has 3 aromatic carbocycles. The Morgan fingerprint density at radius 2 is 1.56 bits per heavy atom. The molecule has 1 aliphatic rings. The molecule has 1 aliphatic carbocycles. The van der Waals surface area contributed by atoms with Crippen LogP contribution in [-0.2, 0) is 11.0 Å². The van der Waals surface area contributed by atoms with Crippen LogP contribution in [0.15, 0.2) is 66.7 Å². The Kier molecular flexibility index (Phi) is 5.99. The zero-order valence-electron chi connectivity index (χ0n) is 19.0. The molecule has 1 aromatic heterocycles. The quantitative estimate of drug-likeness (QED) is 0.261. The highest BCUT2D eigenvalue weighted by atomic mass is 19.4. The zero-order valence-corrected chi connectivity index (χ0v) is 19.0. The van der Waals surface area contributed by atoms with Gasteiger partial charge >= 0.3 is 12.1 Å². The third-order valence-electron chi connectivity index (χ3n) is 6.63. The standard InChI is InChI=1S/C27H22F3N3O3/c28-27(29,30)18-10-13-22-23(14-18)33-26(32-22)31-19-11-8-16(9-12-19)15-4-6-17(7-5-15)24(34)20-2-1-3-21(20)25(35)36/h4-14,20-21H,1-3H2,(H,35,36)(H2,31,32,33)/t20-,21-/m0/s1. The molecular weight excluding hydrogens is 471 g/mol. The molecule has 1 heterocycles. The minimum atomic E-state index is -4.42. The summed E-state index contributed by atoms with van der Waals surface area (Å²) in [6, 6.07) is 17.9. The first-order chi connectivity index (χ1) is 17.2. The van der Waals surface area contributed by atoms with E-state index in [0.29, 0.717) is 35.6 Å². The maximum atomic E-state index is 12.9. The van der Waals surface area contributed by atoms with Crippen LogP contribution in [-0.4, -0.2) is 26.8 Å². The summed E-state index contributed by atoms with van der Waals surface area (Å²) in [5.74, 6) is -1.80. The smallest absolute Gasteiger partial charge is 0.416 e. The summed E-state index contributed by atoms with van der Waals surface area (Å²) in [4.78, 5) is 31.4. The fraction of sp³-hybridized carbons (Fsp3) is 0.222. The average Bonchev–Trinajstić information content (AvgIpc) is 3.50. The van der Waals surface area contributed by atoms with Crippen LogP contribution in [0.3, 0.4) is 0 Å². The molecule has 2 atom stereocenters. The molecule has 1 saturated carbocycles. The van der Waals surface area contributed by atoms with Crippen molar-refractivity contribution in [2.24, 2.45) is 11.8 Å². The minimum Gasteiger partial charge on any atom is -0.481 e. The molecule has 184 valence electrons. The Morgan fingerprint density at radius 1 is 0.917 bits per heavy atom. The van der Waals surface area contributed by atoms with Crippen LogP contribution >= 0.6 is 0 Å². The summed E-state index contributed by atoms with van der Waals surface area (Å²) < 4.78 is 38.8. The van der Waals surface area contributed by atoms with Crippen molar-refractivity contribution in [1.29, 1.82) is 0 Å². The average molecular weight is 493 g/mol. The maximum Gasteiger partial charge on any atom is 0.416 e. The Morgan fingerprint density at radius 3 is 2.19 bits per heavy atom. The highest BCUT2D eigenvalue weighted by Gasteiger charge is 2.38. The van der Waals surface area contributed by atoms with Gasteiger partial charge in [-0.3, -0.25) is 9.59 Å². The number of carbonyl (C=O) groups is 2. The minimum absolute atomic E-state index is 0.126. The van der Waals surface area contributed by atoms with Crippen LogP contribution in [0.25, 0.3) is 22.2 Å². The number of carboxylic acids is 1. The van der Waals surface area contributed by atoms with Gasteiger partial charge in [0.05, 0.1) is 22.5 Å². The summed E-state index contributed by atoms with van der Waals surface area (Å²) in [7, 11) is 0. The number of aromatic amines is 1. The largest absolute Gasteiger partial charge is 0.481 e. The highest BCUT2D eigenvalue weighted by molar-refractivity contribution is 6.00. The molecule has 0 amide bonds. The van der Waals surface area contributed by atoms with Crippen LogP contribution in [0.5, 0.6) is 0 Å². The second kappa shape index (κ2) is 9.14. The van der Waals surface area contributed by atoms with E-state index in [2.05, 4.69) is 15.3 Å². The lowest BCUT2D eigenvalue weighted by Crippen LogP contribution is -2.25. The van der Waals surface area contributed by atoms with Crippen LogP contribution in [0.2, 0.25) is 0 Å². The number of ketones is 1. The number of carboxylic acid groups (broad SMARTS) is 1. The van der Waals surface area contributed by atoms with Crippen molar-refractivity contribution >= 4 is 34.4 Å². The molecule has 0 unspecified atom stereocenters. The van der Waals surface area contributed by atoms with Crippen molar-refractivity contribution in [2.45, 2.75) is 25.4 Å². The van der Waals surface area contributed by atoms with E-state index < -0.39 is 29.5 Å². The van der Waals surface area contributed by atoms with E-state index in [1.54, 1.807) is 12.1 Å². The number of aliphatic carboxylic acids is 1. The van der Waals surface area contributed by atoms with Crippen molar-refractivity contribution in [3.05, 3.63) is 77.9 Å². The van der Waals surface area contributed by atoms with Crippen molar-refractivity contribution in [2.75, 3.05) is 5.32 Å². The first-order valence-electron chi connectivity index (χ1n) is 11.5. The molecule has 0 aliphatic heterocycles. The monoisotopic (exact) mass is 493 g/mol. The van der Waals surface area contributed by atoms with Gasteiger partial charge in [0.25, 0.3) is 0 Å². The van der Waals surface area contributed by atoms with Gasteiger partial charge in [-0.25, -0.2) is 4.98 Å². The number of anilines is 2. The first-order valence-corrected chi connectivity index (χ1v) is 11.5. The fourth-order valence-corrected chi connectivity index (χ4v) is 4.74. The van der Waals surface area contributed by atoms with Crippen LogP contribution in [0, 0.1) is 11.8 Å². The number of rotatable bonds is 6. The topological polar surface area (TPSA) is 95.1 Å². The van der Waals surface area contributed by atoms with Gasteiger partial charge in [0.2, 0.25) is 5.95 Å². The molecule has 6 nitrogen and oxygen atoms in total. The van der Waals surface area contributed by atoms with Gasteiger partial charge in [0.1, 0.15) is 0 Å². The molecule has 5 rings (SSSR count). The van der Waals surface area contributed by atoms with Gasteiger partial charge < -0.3 is 15.4 Å². The summed E-state index contributed by atoms with van der Waals surface area (Å²) in [6.45, 7) is 0. The SMILES string of the molecule is O=C(O)[C@H]1CCC[C@@H]1C(=O)c1ccc(-c2ccc(Nc3nc4ccc(C(F)(F)F)cc4[nH]3)cc2)cc1. The molecule has 0 radical (unpaired) electrons. The normalized spacial score (nSPS) is 17.9. The Labute approximate surface area is 204 Å². The molecular formula is C27H22F3N3O3. The second-order valence-corrected chi connectivity index (χ2v) is 8.94. The molecule has 4 aromatic rings. The molecule has 3 N–H and O–H groups in total. The number of halogens is 3. The number of nitrogens with zero attached hydrogens (tertiary/aromatic N) is 1. The first kappa shape index (κ1) is 23.6. The molecule has 0 saturated heterocycles. The number of H-pyrrole nitrogens is 1. The molecule has 0 bridgehead atoms. The van der Waals surface area contributed by atoms with E-state index >= 15 is 0 Å². The van der Waals surface area contributed by atoms with Crippen molar-refractivity contribution < 1.29 is 27.9 Å². The van der Waals surface area contributed by atoms with Crippen LogP contribution in [0.1, 0.15) is 35.2 Å². The number of alkyl halides is 3.